The standard InChI is InChI=1S/C26H20F3NO5/c1-15-4-3-5-17(14-15)22-21(23(31)16-6-10-19(34-2)11-7-16)24(32)25(33)30(22)18-8-12-20(13-9-18)35-26(27,28)29/h3-14,22,31H,1-2H3/b23-21-. The van der Waals surface area contributed by atoms with Gasteiger partial charge in [-0.1, -0.05) is 29.8 Å². The minimum atomic E-state index is -4.87. The van der Waals surface area contributed by atoms with Crippen molar-refractivity contribution in [1.29, 1.82) is 0 Å². The molecule has 3 aromatic carbocycles. The molecule has 1 amide bonds. The number of carbonyl (C=O) groups is 2. The lowest BCUT2D eigenvalue weighted by atomic mass is 9.94. The maximum Gasteiger partial charge on any atom is 0.573 e. The van der Waals surface area contributed by atoms with Crippen LogP contribution in [-0.2, 0) is 9.59 Å². The number of ketones is 1. The van der Waals surface area contributed by atoms with Gasteiger partial charge in [0.25, 0.3) is 11.7 Å². The normalized spacial score (nSPS) is 17.5. The van der Waals surface area contributed by atoms with Gasteiger partial charge in [0.05, 0.1) is 18.7 Å². The van der Waals surface area contributed by atoms with Gasteiger partial charge in [0, 0.05) is 11.3 Å². The first-order chi connectivity index (χ1) is 16.6. The van der Waals surface area contributed by atoms with Gasteiger partial charge >= 0.3 is 6.36 Å². The molecule has 1 unspecified atom stereocenters. The molecule has 0 saturated carbocycles. The van der Waals surface area contributed by atoms with E-state index in [9.17, 15) is 27.9 Å². The van der Waals surface area contributed by atoms with Crippen molar-refractivity contribution in [1.82, 2.24) is 0 Å². The lowest BCUT2D eigenvalue weighted by molar-refractivity contribution is -0.274. The lowest BCUT2D eigenvalue weighted by Gasteiger charge is -2.26. The molecule has 0 spiro atoms. The highest BCUT2D eigenvalue weighted by Crippen LogP contribution is 2.43. The number of aliphatic hydroxyl groups excluding tert-OH is 1. The van der Waals surface area contributed by atoms with Gasteiger partial charge in [-0.2, -0.15) is 0 Å². The van der Waals surface area contributed by atoms with E-state index < -0.39 is 29.8 Å². The maximum absolute atomic E-state index is 13.1. The van der Waals surface area contributed by atoms with Gasteiger partial charge < -0.3 is 14.6 Å². The quantitative estimate of drug-likeness (QED) is 0.294. The van der Waals surface area contributed by atoms with E-state index in [0.29, 0.717) is 16.9 Å². The number of halogens is 3. The molecule has 0 aliphatic carbocycles. The van der Waals surface area contributed by atoms with Crippen LogP contribution in [-0.4, -0.2) is 30.3 Å². The number of hydrogen-bond acceptors (Lipinski definition) is 5. The van der Waals surface area contributed by atoms with E-state index in [1.54, 1.807) is 42.5 Å². The Balaban J connectivity index is 1.84. The highest BCUT2D eigenvalue weighted by molar-refractivity contribution is 6.51. The molecule has 1 aliphatic heterocycles. The highest BCUT2D eigenvalue weighted by atomic mass is 19.4. The number of aliphatic hydroxyl groups is 1. The van der Waals surface area contributed by atoms with Crippen LogP contribution in [0.5, 0.6) is 11.5 Å². The monoisotopic (exact) mass is 483 g/mol. The van der Waals surface area contributed by atoms with Gasteiger partial charge in [-0.25, -0.2) is 0 Å². The number of methoxy groups -OCH3 is 1. The molecular formula is C26H20F3NO5. The van der Waals surface area contributed by atoms with Crippen LogP contribution < -0.4 is 14.4 Å². The number of amides is 1. The van der Waals surface area contributed by atoms with Crippen LogP contribution in [0.4, 0.5) is 18.9 Å². The van der Waals surface area contributed by atoms with Gasteiger partial charge in [0.2, 0.25) is 0 Å². The maximum atomic E-state index is 13.1. The smallest absolute Gasteiger partial charge is 0.507 e. The molecule has 1 aliphatic rings. The molecule has 1 atom stereocenters. The van der Waals surface area contributed by atoms with E-state index in [1.165, 1.54) is 19.2 Å². The van der Waals surface area contributed by atoms with Crippen molar-refractivity contribution in [3.05, 3.63) is 95.1 Å². The number of benzene rings is 3. The summed E-state index contributed by atoms with van der Waals surface area (Å²) in [6.07, 6.45) is -4.87. The zero-order valence-electron chi connectivity index (χ0n) is 18.7. The summed E-state index contributed by atoms with van der Waals surface area (Å²) < 4.78 is 46.7. The number of aryl methyl sites for hydroxylation is 1. The average Bonchev–Trinajstić information content (AvgIpc) is 3.09. The summed E-state index contributed by atoms with van der Waals surface area (Å²) in [5.74, 6) is -2.14. The Morgan fingerprint density at radius 2 is 1.57 bits per heavy atom. The number of hydrogen-bond donors (Lipinski definition) is 1. The molecule has 4 rings (SSSR count). The summed E-state index contributed by atoms with van der Waals surface area (Å²) in [4.78, 5) is 27.4. The molecule has 0 aromatic heterocycles. The Kier molecular flexibility index (Phi) is 6.26. The fraction of sp³-hybridized carbons (Fsp3) is 0.154. The van der Waals surface area contributed by atoms with Crippen LogP contribution in [0.1, 0.15) is 22.7 Å². The number of carbonyl (C=O) groups excluding carboxylic acids is 2. The zero-order chi connectivity index (χ0) is 25.3. The fourth-order valence-electron chi connectivity index (χ4n) is 3.97. The van der Waals surface area contributed by atoms with E-state index in [0.717, 1.165) is 22.6 Å². The largest absolute Gasteiger partial charge is 0.573 e. The number of Topliss-reactive ketones (excluding diaryl/α,β-unsaturated/α-hetero) is 1. The summed E-state index contributed by atoms with van der Waals surface area (Å²) in [6, 6.07) is 17.0. The first-order valence-electron chi connectivity index (χ1n) is 10.5. The van der Waals surface area contributed by atoms with Gasteiger partial charge in [-0.15, -0.1) is 13.2 Å². The van der Waals surface area contributed by atoms with Crippen molar-refractivity contribution in [2.75, 3.05) is 12.0 Å². The van der Waals surface area contributed by atoms with E-state index in [-0.39, 0.29) is 17.0 Å². The van der Waals surface area contributed by atoms with Crippen molar-refractivity contribution in [2.45, 2.75) is 19.3 Å². The molecule has 180 valence electrons. The minimum absolute atomic E-state index is 0.138. The van der Waals surface area contributed by atoms with Gasteiger partial charge in [-0.3, -0.25) is 14.5 Å². The SMILES string of the molecule is COc1ccc(/C(O)=C2/C(=O)C(=O)N(c3ccc(OC(F)(F)F)cc3)C2c2cccc(C)c2)cc1. The number of ether oxygens (including phenoxy) is 2. The zero-order valence-corrected chi connectivity index (χ0v) is 18.7. The molecule has 1 heterocycles. The molecule has 1 N–H and O–H groups in total. The summed E-state index contributed by atoms with van der Waals surface area (Å²) in [5, 5.41) is 11.1. The van der Waals surface area contributed by atoms with Crippen molar-refractivity contribution >= 4 is 23.1 Å². The lowest BCUT2D eigenvalue weighted by Crippen LogP contribution is -2.29. The van der Waals surface area contributed by atoms with Gasteiger partial charge in [-0.05, 0) is 61.0 Å². The molecule has 0 bridgehead atoms. The molecule has 9 heteroatoms. The van der Waals surface area contributed by atoms with E-state index in [4.69, 9.17) is 4.74 Å². The first-order valence-corrected chi connectivity index (χ1v) is 10.5. The fourth-order valence-corrected chi connectivity index (χ4v) is 3.97. The van der Waals surface area contributed by atoms with Crippen LogP contribution in [0.3, 0.4) is 0 Å². The summed E-state index contributed by atoms with van der Waals surface area (Å²) >= 11 is 0. The predicted molar refractivity (Wildman–Crippen MR) is 122 cm³/mol. The topological polar surface area (TPSA) is 76.1 Å². The van der Waals surface area contributed by atoms with Crippen LogP contribution in [0.15, 0.2) is 78.4 Å². The number of rotatable bonds is 5. The van der Waals surface area contributed by atoms with Crippen molar-refractivity contribution in [2.24, 2.45) is 0 Å². The first kappa shape index (κ1) is 23.9. The Morgan fingerprint density at radius 3 is 2.14 bits per heavy atom. The Morgan fingerprint density at radius 1 is 0.943 bits per heavy atom. The van der Waals surface area contributed by atoms with Gasteiger partial charge in [0.1, 0.15) is 17.3 Å². The Labute approximate surface area is 198 Å². The number of nitrogens with zero attached hydrogens (tertiary/aromatic N) is 1. The molecule has 1 fully saturated rings. The molecule has 6 nitrogen and oxygen atoms in total. The highest BCUT2D eigenvalue weighted by Gasteiger charge is 2.47. The van der Waals surface area contributed by atoms with Gasteiger partial charge in [0.15, 0.2) is 0 Å². The number of anilines is 1. The molecule has 1 saturated heterocycles. The third-order valence-corrected chi connectivity index (χ3v) is 5.51. The molecule has 3 aromatic rings. The summed E-state index contributed by atoms with van der Waals surface area (Å²) in [6.45, 7) is 1.84. The second-order valence-electron chi connectivity index (χ2n) is 7.85. The van der Waals surface area contributed by atoms with Crippen molar-refractivity contribution in [3.63, 3.8) is 0 Å². The van der Waals surface area contributed by atoms with Crippen LogP contribution in [0.25, 0.3) is 5.76 Å². The molecule has 0 radical (unpaired) electrons. The Hall–Kier alpha value is -4.27. The van der Waals surface area contributed by atoms with Crippen molar-refractivity contribution in [3.8, 4) is 11.5 Å². The van der Waals surface area contributed by atoms with E-state index in [2.05, 4.69) is 4.74 Å². The molecule has 35 heavy (non-hydrogen) atoms. The number of alkyl halides is 3. The Bertz CT molecular complexity index is 1300. The van der Waals surface area contributed by atoms with Crippen LogP contribution in [0.2, 0.25) is 0 Å². The van der Waals surface area contributed by atoms with E-state index >= 15 is 0 Å². The molecular weight excluding hydrogens is 463 g/mol. The second-order valence-corrected chi connectivity index (χ2v) is 7.85. The van der Waals surface area contributed by atoms with Crippen LogP contribution in [0, 0.1) is 6.92 Å². The third kappa shape index (κ3) is 4.84. The third-order valence-electron chi connectivity index (χ3n) is 5.51. The summed E-state index contributed by atoms with van der Waals surface area (Å²) in [5.41, 5.74) is 1.74. The van der Waals surface area contributed by atoms with E-state index in [1.807, 2.05) is 13.0 Å². The predicted octanol–water partition coefficient (Wildman–Crippen LogP) is 5.53. The minimum Gasteiger partial charge on any atom is -0.507 e. The van der Waals surface area contributed by atoms with Crippen molar-refractivity contribution < 1.29 is 37.3 Å². The average molecular weight is 483 g/mol. The second kappa shape index (κ2) is 9.17. The summed E-state index contributed by atoms with van der Waals surface area (Å²) in [7, 11) is 1.49. The van der Waals surface area contributed by atoms with Crippen LogP contribution >= 0.6 is 0 Å².